The summed E-state index contributed by atoms with van der Waals surface area (Å²) in [7, 11) is 0. The standard InChI is InChI=1S/C12H8BrF4NO/c13-7-2-1-6-9(8(7)14)18(5-12(15,16)17)10(19)11(6)3-4-11/h1-2H,3-5H2. The Hall–Kier alpha value is -1.11. The van der Waals surface area contributed by atoms with Gasteiger partial charge in [0.25, 0.3) is 0 Å². The molecule has 0 bridgehead atoms. The summed E-state index contributed by atoms with van der Waals surface area (Å²) in [4.78, 5) is 12.7. The fourth-order valence-electron chi connectivity index (χ4n) is 2.60. The highest BCUT2D eigenvalue weighted by atomic mass is 79.9. The number of rotatable bonds is 1. The Balaban J connectivity index is 2.15. The van der Waals surface area contributed by atoms with Gasteiger partial charge >= 0.3 is 6.18 Å². The van der Waals surface area contributed by atoms with Crippen LogP contribution in [0.15, 0.2) is 16.6 Å². The number of hydrogen-bond acceptors (Lipinski definition) is 1. The molecule has 1 aromatic carbocycles. The van der Waals surface area contributed by atoms with E-state index in [-0.39, 0.29) is 10.2 Å². The minimum absolute atomic E-state index is 0.0592. The number of alkyl halides is 3. The van der Waals surface area contributed by atoms with Gasteiger partial charge < -0.3 is 0 Å². The Bertz CT molecular complexity index is 580. The van der Waals surface area contributed by atoms with Gasteiger partial charge in [0.05, 0.1) is 15.6 Å². The van der Waals surface area contributed by atoms with E-state index in [1.54, 1.807) is 0 Å². The van der Waals surface area contributed by atoms with Crippen LogP contribution in [0.25, 0.3) is 0 Å². The summed E-state index contributed by atoms with van der Waals surface area (Å²) in [5.74, 6) is -1.45. The third-order valence-corrected chi connectivity index (χ3v) is 4.21. The topological polar surface area (TPSA) is 20.3 Å². The van der Waals surface area contributed by atoms with Gasteiger partial charge in [-0.05, 0) is 40.4 Å². The highest BCUT2D eigenvalue weighted by molar-refractivity contribution is 9.10. The van der Waals surface area contributed by atoms with Crippen LogP contribution < -0.4 is 4.90 Å². The molecule has 0 aromatic heterocycles. The zero-order chi connectivity index (χ0) is 14.0. The maximum absolute atomic E-state index is 14.1. The molecule has 0 N–H and O–H groups in total. The molecule has 3 rings (SSSR count). The van der Waals surface area contributed by atoms with Crippen LogP contribution in [-0.4, -0.2) is 18.6 Å². The molecule has 1 spiro atoms. The molecular weight excluding hydrogens is 330 g/mol. The fourth-order valence-corrected chi connectivity index (χ4v) is 2.92. The first-order valence-corrected chi connectivity index (χ1v) is 6.43. The summed E-state index contributed by atoms with van der Waals surface area (Å²) in [5, 5.41) is 0. The second-order valence-electron chi connectivity index (χ2n) is 4.85. The zero-order valence-electron chi connectivity index (χ0n) is 9.52. The summed E-state index contributed by atoms with van der Waals surface area (Å²) >= 11 is 2.94. The lowest BCUT2D eigenvalue weighted by Crippen LogP contribution is -2.39. The first-order chi connectivity index (χ1) is 8.76. The molecule has 1 amide bonds. The number of carbonyl (C=O) groups is 1. The molecule has 1 fully saturated rings. The number of amides is 1. The van der Waals surface area contributed by atoms with Crippen LogP contribution in [0.2, 0.25) is 0 Å². The number of anilines is 1. The van der Waals surface area contributed by atoms with Crippen LogP contribution in [0.4, 0.5) is 23.2 Å². The molecule has 19 heavy (non-hydrogen) atoms. The largest absolute Gasteiger partial charge is 0.406 e. The predicted molar refractivity (Wildman–Crippen MR) is 63.4 cm³/mol. The number of hydrogen-bond donors (Lipinski definition) is 0. The monoisotopic (exact) mass is 337 g/mol. The normalized spacial score (nSPS) is 20.1. The average Bonchev–Trinajstić information content (AvgIpc) is 3.05. The second kappa shape index (κ2) is 3.71. The van der Waals surface area contributed by atoms with Gasteiger partial charge in [-0.2, -0.15) is 13.2 Å². The van der Waals surface area contributed by atoms with Crippen molar-refractivity contribution in [1.82, 2.24) is 0 Å². The number of benzene rings is 1. The van der Waals surface area contributed by atoms with Crippen molar-refractivity contribution in [3.63, 3.8) is 0 Å². The molecule has 1 aliphatic carbocycles. The van der Waals surface area contributed by atoms with Gasteiger partial charge in [-0.25, -0.2) is 4.39 Å². The minimum Gasteiger partial charge on any atom is -0.299 e. The summed E-state index contributed by atoms with van der Waals surface area (Å²) in [5.41, 5.74) is -0.765. The second-order valence-corrected chi connectivity index (χ2v) is 5.70. The third kappa shape index (κ3) is 1.78. The van der Waals surface area contributed by atoms with Crippen molar-refractivity contribution in [3.05, 3.63) is 28.0 Å². The maximum atomic E-state index is 14.1. The Kier molecular flexibility index (Phi) is 2.52. The Morgan fingerprint density at radius 3 is 2.47 bits per heavy atom. The predicted octanol–water partition coefficient (Wildman–Crippen LogP) is 3.53. The molecule has 102 valence electrons. The quantitative estimate of drug-likeness (QED) is 0.718. The van der Waals surface area contributed by atoms with E-state index in [0.717, 1.165) is 0 Å². The summed E-state index contributed by atoms with van der Waals surface area (Å²) in [6, 6.07) is 2.96. The molecule has 2 nitrogen and oxygen atoms in total. The van der Waals surface area contributed by atoms with E-state index >= 15 is 0 Å². The van der Waals surface area contributed by atoms with Gasteiger partial charge in [-0.3, -0.25) is 9.69 Å². The molecule has 0 radical (unpaired) electrons. The maximum Gasteiger partial charge on any atom is 0.406 e. The first-order valence-electron chi connectivity index (χ1n) is 5.63. The van der Waals surface area contributed by atoms with Gasteiger partial charge in [0, 0.05) is 0 Å². The minimum atomic E-state index is -4.55. The lowest BCUT2D eigenvalue weighted by Gasteiger charge is -2.20. The van der Waals surface area contributed by atoms with Crippen molar-refractivity contribution >= 4 is 27.5 Å². The van der Waals surface area contributed by atoms with Crippen LogP contribution in [-0.2, 0) is 10.2 Å². The van der Waals surface area contributed by atoms with Crippen LogP contribution in [0.3, 0.4) is 0 Å². The van der Waals surface area contributed by atoms with Crippen molar-refractivity contribution in [2.75, 3.05) is 11.4 Å². The molecule has 0 atom stereocenters. The number of carbonyl (C=O) groups excluding carboxylic acids is 1. The third-order valence-electron chi connectivity index (χ3n) is 3.60. The van der Waals surface area contributed by atoms with Crippen molar-refractivity contribution < 1.29 is 22.4 Å². The molecule has 2 aliphatic rings. The highest BCUT2D eigenvalue weighted by Crippen LogP contribution is 2.58. The number of halogens is 5. The van der Waals surface area contributed by atoms with Gasteiger partial charge in [0.1, 0.15) is 6.54 Å². The highest BCUT2D eigenvalue weighted by Gasteiger charge is 2.61. The average molecular weight is 338 g/mol. The molecule has 1 aromatic rings. The Morgan fingerprint density at radius 1 is 1.32 bits per heavy atom. The van der Waals surface area contributed by atoms with E-state index in [9.17, 15) is 22.4 Å². The van der Waals surface area contributed by atoms with Crippen molar-refractivity contribution in [1.29, 1.82) is 0 Å². The zero-order valence-corrected chi connectivity index (χ0v) is 11.1. The lowest BCUT2D eigenvalue weighted by atomic mass is 9.98. The summed E-state index contributed by atoms with van der Waals surface area (Å²) in [6.07, 6.45) is -3.59. The van der Waals surface area contributed by atoms with Crippen molar-refractivity contribution in [2.45, 2.75) is 24.4 Å². The Morgan fingerprint density at radius 2 is 1.95 bits per heavy atom. The van der Waals surface area contributed by atoms with E-state index in [4.69, 9.17) is 0 Å². The lowest BCUT2D eigenvalue weighted by molar-refractivity contribution is -0.133. The van der Waals surface area contributed by atoms with Gasteiger partial charge in [-0.15, -0.1) is 0 Å². The molecule has 1 saturated carbocycles. The SMILES string of the molecule is O=C1N(CC(F)(F)F)c2c(ccc(Br)c2F)C12CC2. The summed E-state index contributed by atoms with van der Waals surface area (Å²) in [6.45, 7) is -1.45. The Labute approximate surface area is 114 Å². The van der Waals surface area contributed by atoms with E-state index in [0.29, 0.717) is 23.3 Å². The van der Waals surface area contributed by atoms with E-state index < -0.39 is 29.9 Å². The van der Waals surface area contributed by atoms with Crippen LogP contribution >= 0.6 is 15.9 Å². The van der Waals surface area contributed by atoms with Crippen LogP contribution in [0.1, 0.15) is 18.4 Å². The number of nitrogens with zero attached hydrogens (tertiary/aromatic N) is 1. The van der Waals surface area contributed by atoms with Crippen molar-refractivity contribution in [3.8, 4) is 0 Å². The van der Waals surface area contributed by atoms with E-state index in [1.807, 2.05) is 0 Å². The molecule has 1 aliphatic heterocycles. The molecule has 1 heterocycles. The van der Waals surface area contributed by atoms with Gasteiger partial charge in [-0.1, -0.05) is 6.07 Å². The van der Waals surface area contributed by atoms with E-state index in [1.165, 1.54) is 12.1 Å². The van der Waals surface area contributed by atoms with E-state index in [2.05, 4.69) is 15.9 Å². The summed E-state index contributed by atoms with van der Waals surface area (Å²) < 4.78 is 51.8. The van der Waals surface area contributed by atoms with Crippen LogP contribution in [0, 0.1) is 5.82 Å². The first kappa shape index (κ1) is 12.9. The fraction of sp³-hybridized carbons (Fsp3) is 0.417. The van der Waals surface area contributed by atoms with Crippen LogP contribution in [0.5, 0.6) is 0 Å². The number of fused-ring (bicyclic) bond motifs is 2. The molecule has 0 unspecified atom stereocenters. The smallest absolute Gasteiger partial charge is 0.299 e. The molecular formula is C12H8BrF4NO. The van der Waals surface area contributed by atoms with Crippen molar-refractivity contribution in [2.24, 2.45) is 0 Å². The molecule has 7 heteroatoms. The van der Waals surface area contributed by atoms with Gasteiger partial charge in [0.15, 0.2) is 5.82 Å². The molecule has 0 saturated heterocycles. The van der Waals surface area contributed by atoms with Gasteiger partial charge in [0.2, 0.25) is 5.91 Å².